The predicted octanol–water partition coefficient (Wildman–Crippen LogP) is -0.350. The van der Waals surface area contributed by atoms with Gasteiger partial charge in [0.05, 0.1) is 5.56 Å². The third-order valence-corrected chi connectivity index (χ3v) is 6.30. The molecule has 2 aliphatic rings. The van der Waals surface area contributed by atoms with Crippen LogP contribution in [0.15, 0.2) is 60.7 Å². The number of carbonyl (C=O) groups is 3. The van der Waals surface area contributed by atoms with Gasteiger partial charge < -0.3 is 29.9 Å². The first-order valence-electron chi connectivity index (χ1n) is 9.92. The first-order valence-corrected chi connectivity index (χ1v) is 9.92. The van der Waals surface area contributed by atoms with E-state index in [0.717, 1.165) is 6.92 Å². The van der Waals surface area contributed by atoms with Crippen LogP contribution >= 0.6 is 0 Å². The van der Waals surface area contributed by atoms with Crippen molar-refractivity contribution in [2.24, 2.45) is 0 Å². The van der Waals surface area contributed by atoms with E-state index in [1.54, 1.807) is 24.3 Å². The van der Waals surface area contributed by atoms with Crippen molar-refractivity contribution in [3.63, 3.8) is 0 Å². The Bertz CT molecular complexity index is 1060. The van der Waals surface area contributed by atoms with Crippen molar-refractivity contribution in [2.45, 2.75) is 42.0 Å². The van der Waals surface area contributed by atoms with Crippen molar-refractivity contribution in [3.8, 4) is 0 Å². The number of Topliss-reactive ketones (excluding diaryl/α,β-unsaturated/α-hetero) is 2. The molecule has 0 radical (unpaired) electrons. The molecule has 4 rings (SSSR count). The van der Waals surface area contributed by atoms with Gasteiger partial charge in [-0.3, -0.25) is 9.59 Å². The second-order valence-electron chi connectivity index (χ2n) is 8.06. The molecule has 1 heterocycles. The van der Waals surface area contributed by atoms with Gasteiger partial charge in [0.25, 0.3) is 0 Å². The van der Waals surface area contributed by atoms with E-state index >= 15 is 0 Å². The van der Waals surface area contributed by atoms with Crippen LogP contribution in [0.2, 0.25) is 0 Å². The Morgan fingerprint density at radius 3 is 2.00 bits per heavy atom. The molecule has 2 aromatic rings. The van der Waals surface area contributed by atoms with E-state index in [0.29, 0.717) is 0 Å². The highest BCUT2D eigenvalue weighted by molar-refractivity contribution is 6.05. The van der Waals surface area contributed by atoms with Gasteiger partial charge in [0.1, 0.15) is 24.9 Å². The number of hydrogen-bond acceptors (Lipinski definition) is 9. The summed E-state index contributed by atoms with van der Waals surface area (Å²) in [6, 6.07) is 15.2. The van der Waals surface area contributed by atoms with Crippen LogP contribution in [0.1, 0.15) is 27.6 Å². The van der Waals surface area contributed by atoms with Crippen LogP contribution in [-0.2, 0) is 14.3 Å². The molecule has 9 nitrogen and oxygen atoms in total. The lowest BCUT2D eigenvalue weighted by atomic mass is 9.61. The highest BCUT2D eigenvalue weighted by atomic mass is 16.7. The molecule has 6 unspecified atom stereocenters. The van der Waals surface area contributed by atoms with Crippen molar-refractivity contribution in [2.75, 3.05) is 6.61 Å². The van der Waals surface area contributed by atoms with Crippen LogP contribution < -0.4 is 0 Å². The molecule has 1 aliphatic carbocycles. The molecule has 32 heavy (non-hydrogen) atoms. The van der Waals surface area contributed by atoms with Crippen LogP contribution in [0.25, 0.3) is 0 Å². The van der Waals surface area contributed by atoms with E-state index < -0.39 is 59.3 Å². The van der Waals surface area contributed by atoms with Gasteiger partial charge >= 0.3 is 5.97 Å². The number of carbonyl (C=O) groups excluding carboxylic acids is 3. The highest BCUT2D eigenvalue weighted by Crippen LogP contribution is 2.57. The molecule has 9 heteroatoms. The average Bonchev–Trinajstić information content (AvgIpc) is 3.56. The van der Waals surface area contributed by atoms with Crippen LogP contribution in [0.4, 0.5) is 0 Å². The van der Waals surface area contributed by atoms with E-state index in [4.69, 9.17) is 9.47 Å². The van der Waals surface area contributed by atoms with Crippen molar-refractivity contribution < 1.29 is 44.3 Å². The van der Waals surface area contributed by atoms with Gasteiger partial charge in [-0.15, -0.1) is 0 Å². The number of aliphatic hydroxyl groups is 4. The van der Waals surface area contributed by atoms with E-state index in [1.807, 2.05) is 0 Å². The number of aliphatic hydroxyl groups excluding tert-OH is 2. The van der Waals surface area contributed by atoms with Crippen LogP contribution in [0.3, 0.4) is 0 Å². The molecule has 0 spiro atoms. The number of esters is 1. The van der Waals surface area contributed by atoms with Crippen molar-refractivity contribution in [1.29, 1.82) is 0 Å². The average molecular weight is 442 g/mol. The van der Waals surface area contributed by atoms with Crippen LogP contribution in [0, 0.1) is 0 Å². The Balaban J connectivity index is 1.67. The molecular weight excluding hydrogens is 420 g/mol. The molecular formula is C23H22O9. The fourth-order valence-corrected chi connectivity index (χ4v) is 4.39. The topological polar surface area (TPSA) is 154 Å². The minimum absolute atomic E-state index is 0.0531. The Kier molecular flexibility index (Phi) is 5.27. The maximum absolute atomic E-state index is 13.0. The second kappa shape index (κ2) is 7.58. The molecule has 6 atom stereocenters. The third kappa shape index (κ3) is 2.94. The van der Waals surface area contributed by atoms with Crippen LogP contribution in [-0.4, -0.2) is 79.7 Å². The number of benzene rings is 2. The summed E-state index contributed by atoms with van der Waals surface area (Å²) in [5.41, 5.74) is -7.68. The van der Waals surface area contributed by atoms with Gasteiger partial charge in [-0.25, -0.2) is 4.79 Å². The van der Waals surface area contributed by atoms with Gasteiger partial charge in [0.2, 0.25) is 0 Å². The number of epoxide rings is 1. The van der Waals surface area contributed by atoms with Crippen molar-refractivity contribution >= 4 is 17.5 Å². The zero-order valence-corrected chi connectivity index (χ0v) is 17.0. The third-order valence-electron chi connectivity index (χ3n) is 6.30. The maximum Gasteiger partial charge on any atom is 0.338 e. The second-order valence-corrected chi connectivity index (χ2v) is 8.06. The fraction of sp³-hybridized carbons (Fsp3) is 0.348. The molecule has 1 aliphatic heterocycles. The summed E-state index contributed by atoms with van der Waals surface area (Å²) in [7, 11) is 0. The molecule has 2 aromatic carbocycles. The molecule has 2 fully saturated rings. The van der Waals surface area contributed by atoms with Crippen molar-refractivity contribution in [1.82, 2.24) is 0 Å². The number of ketones is 2. The first-order chi connectivity index (χ1) is 15.1. The number of hydrogen-bond donors (Lipinski definition) is 4. The summed E-state index contributed by atoms with van der Waals surface area (Å²) in [4.78, 5) is 37.9. The van der Waals surface area contributed by atoms with Crippen LogP contribution in [0.5, 0.6) is 0 Å². The van der Waals surface area contributed by atoms with Gasteiger partial charge in [-0.05, 0) is 19.1 Å². The summed E-state index contributed by atoms with van der Waals surface area (Å²) in [6.45, 7) is 0.235. The Morgan fingerprint density at radius 2 is 1.47 bits per heavy atom. The Labute approximate surface area is 182 Å². The Hall–Kier alpha value is -2.95. The maximum atomic E-state index is 13.0. The molecule has 1 saturated heterocycles. The monoisotopic (exact) mass is 442 g/mol. The summed E-state index contributed by atoms with van der Waals surface area (Å²) < 4.78 is 10.6. The van der Waals surface area contributed by atoms with Gasteiger partial charge in [-0.1, -0.05) is 48.5 Å². The summed E-state index contributed by atoms with van der Waals surface area (Å²) >= 11 is 0. The SMILES string of the molecule is CC(=O)C1(O)C(O)C(O)(C(=O)c2ccccc2)C(O)C2OC21COC(=O)c1ccccc1. The number of rotatable bonds is 6. The van der Waals surface area contributed by atoms with Gasteiger partial charge in [0, 0.05) is 5.56 Å². The summed E-state index contributed by atoms with van der Waals surface area (Å²) in [6.07, 6.45) is -5.94. The summed E-state index contributed by atoms with van der Waals surface area (Å²) in [5, 5.41) is 44.1. The Morgan fingerprint density at radius 1 is 0.938 bits per heavy atom. The lowest BCUT2D eigenvalue weighted by Crippen LogP contribution is -2.78. The van der Waals surface area contributed by atoms with E-state index in [-0.39, 0.29) is 11.1 Å². The molecule has 1 saturated carbocycles. The first kappa shape index (κ1) is 22.3. The largest absolute Gasteiger partial charge is 0.459 e. The lowest BCUT2D eigenvalue weighted by molar-refractivity contribution is -0.221. The normalized spacial score (nSPS) is 35.5. The molecule has 0 bridgehead atoms. The number of fused-ring (bicyclic) bond motifs is 1. The van der Waals surface area contributed by atoms with Crippen molar-refractivity contribution in [3.05, 3.63) is 71.8 Å². The van der Waals surface area contributed by atoms with Gasteiger partial charge in [0.15, 0.2) is 28.4 Å². The molecule has 0 amide bonds. The van der Waals surface area contributed by atoms with E-state index in [9.17, 15) is 34.8 Å². The van der Waals surface area contributed by atoms with Gasteiger partial charge in [-0.2, -0.15) is 0 Å². The predicted molar refractivity (Wildman–Crippen MR) is 108 cm³/mol. The number of ether oxygens (including phenoxy) is 2. The molecule has 4 N–H and O–H groups in total. The van der Waals surface area contributed by atoms with E-state index in [1.165, 1.54) is 36.4 Å². The molecule has 0 aromatic heterocycles. The smallest absolute Gasteiger partial charge is 0.338 e. The molecule has 168 valence electrons. The zero-order valence-electron chi connectivity index (χ0n) is 17.0. The minimum atomic E-state index is -2.95. The standard InChI is InChI=1S/C23H22O9/c1-13(24)23(30)20(28)22(29,16(25)14-8-4-2-5-9-14)17(26)18-21(23,32-18)12-31-19(27)15-10-6-3-7-11-15/h2-11,17-18,20,26,28-30H,12H2,1H3. The fourth-order valence-electron chi connectivity index (χ4n) is 4.39. The zero-order chi connectivity index (χ0) is 23.3. The minimum Gasteiger partial charge on any atom is -0.459 e. The lowest BCUT2D eigenvalue weighted by Gasteiger charge is -2.48. The summed E-state index contributed by atoms with van der Waals surface area (Å²) in [5.74, 6) is -2.91. The quantitative estimate of drug-likeness (QED) is 0.267. The van der Waals surface area contributed by atoms with E-state index in [2.05, 4.69) is 0 Å². The highest BCUT2D eigenvalue weighted by Gasteiger charge is 2.85.